The van der Waals surface area contributed by atoms with Gasteiger partial charge in [-0.2, -0.15) is 13.2 Å². The van der Waals surface area contributed by atoms with Crippen LogP contribution in [0, 0.1) is 0 Å². The third-order valence-corrected chi connectivity index (χ3v) is 3.02. The van der Waals surface area contributed by atoms with Crippen molar-refractivity contribution >= 4 is 23.3 Å². The largest absolute Gasteiger partial charge is 0.418 e. The molecular formula is C13H16ClF3N2. The first-order chi connectivity index (χ1) is 8.41. The number of rotatable bonds is 3. The van der Waals surface area contributed by atoms with Gasteiger partial charge in [-0.3, -0.25) is 0 Å². The van der Waals surface area contributed by atoms with Crippen molar-refractivity contribution in [2.75, 3.05) is 0 Å². The number of nitrogens with one attached hydrogen (secondary N) is 1. The van der Waals surface area contributed by atoms with Crippen LogP contribution in [0.2, 0.25) is 0 Å². The van der Waals surface area contributed by atoms with Crippen LogP contribution in [-0.2, 0) is 12.6 Å². The molecule has 6 heteroatoms. The van der Waals surface area contributed by atoms with E-state index in [1.165, 1.54) is 6.07 Å². The zero-order valence-corrected chi connectivity index (χ0v) is 11.2. The molecule has 1 aromatic heterocycles. The van der Waals surface area contributed by atoms with E-state index in [-0.39, 0.29) is 24.0 Å². The number of aromatic amines is 1. The van der Waals surface area contributed by atoms with E-state index in [9.17, 15) is 13.2 Å². The Morgan fingerprint density at radius 2 is 2.00 bits per heavy atom. The van der Waals surface area contributed by atoms with Gasteiger partial charge < -0.3 is 10.7 Å². The molecule has 0 bridgehead atoms. The molecule has 0 aliphatic heterocycles. The van der Waals surface area contributed by atoms with Crippen molar-refractivity contribution in [3.05, 3.63) is 35.5 Å². The number of aromatic nitrogens is 1. The highest BCUT2D eigenvalue weighted by Crippen LogP contribution is 2.34. The van der Waals surface area contributed by atoms with Crippen LogP contribution < -0.4 is 5.73 Å². The number of hydrogen-bond acceptors (Lipinski definition) is 1. The number of hydrogen-bond donors (Lipinski definition) is 2. The maximum atomic E-state index is 12.8. The Morgan fingerprint density at radius 1 is 1.32 bits per heavy atom. The molecule has 0 saturated heterocycles. The van der Waals surface area contributed by atoms with Gasteiger partial charge >= 0.3 is 6.18 Å². The van der Waals surface area contributed by atoms with E-state index in [4.69, 9.17) is 5.73 Å². The molecule has 0 aliphatic rings. The predicted molar refractivity (Wildman–Crippen MR) is 72.5 cm³/mol. The zero-order chi connectivity index (χ0) is 13.3. The SMILES string of the molecule is CCC(N)Cc1cc2cccc(C(F)(F)F)c2[nH]1.Cl. The first-order valence-corrected chi connectivity index (χ1v) is 5.85. The Morgan fingerprint density at radius 3 is 2.58 bits per heavy atom. The summed E-state index contributed by atoms with van der Waals surface area (Å²) in [6, 6.07) is 5.87. The quantitative estimate of drug-likeness (QED) is 0.885. The Bertz CT molecular complexity index is 548. The minimum absolute atomic E-state index is 0. The summed E-state index contributed by atoms with van der Waals surface area (Å²) in [7, 11) is 0. The predicted octanol–water partition coefficient (Wildman–Crippen LogP) is 3.89. The van der Waals surface area contributed by atoms with Crippen molar-refractivity contribution in [1.82, 2.24) is 4.98 Å². The summed E-state index contributed by atoms with van der Waals surface area (Å²) in [6.07, 6.45) is -2.99. The second-order valence-corrected chi connectivity index (χ2v) is 4.43. The van der Waals surface area contributed by atoms with Gasteiger partial charge in [-0.1, -0.05) is 19.1 Å². The van der Waals surface area contributed by atoms with E-state index < -0.39 is 11.7 Å². The molecule has 1 aromatic carbocycles. The summed E-state index contributed by atoms with van der Waals surface area (Å²) < 4.78 is 38.4. The molecule has 106 valence electrons. The maximum Gasteiger partial charge on any atom is 0.418 e. The second-order valence-electron chi connectivity index (χ2n) is 4.43. The maximum absolute atomic E-state index is 12.8. The normalized spacial score (nSPS) is 13.3. The van der Waals surface area contributed by atoms with Crippen molar-refractivity contribution in [2.45, 2.75) is 32.0 Å². The lowest BCUT2D eigenvalue weighted by molar-refractivity contribution is -0.136. The average molecular weight is 293 g/mol. The fourth-order valence-electron chi connectivity index (χ4n) is 1.99. The Labute approximate surface area is 115 Å². The first-order valence-electron chi connectivity index (χ1n) is 5.85. The Hall–Kier alpha value is -1.20. The Balaban J connectivity index is 0.00000180. The van der Waals surface area contributed by atoms with E-state index in [1.54, 1.807) is 12.1 Å². The fraction of sp³-hybridized carbons (Fsp3) is 0.385. The highest BCUT2D eigenvalue weighted by molar-refractivity contribution is 5.85. The monoisotopic (exact) mass is 292 g/mol. The second kappa shape index (κ2) is 5.84. The molecule has 2 aromatic rings. The van der Waals surface area contributed by atoms with Crippen LogP contribution in [0.3, 0.4) is 0 Å². The molecule has 1 atom stereocenters. The summed E-state index contributed by atoms with van der Waals surface area (Å²) in [5.74, 6) is 0. The van der Waals surface area contributed by atoms with E-state index >= 15 is 0 Å². The molecular weight excluding hydrogens is 277 g/mol. The van der Waals surface area contributed by atoms with E-state index in [1.807, 2.05) is 6.92 Å². The molecule has 2 nitrogen and oxygen atoms in total. The van der Waals surface area contributed by atoms with Crippen LogP contribution in [0.15, 0.2) is 24.3 Å². The highest BCUT2D eigenvalue weighted by Gasteiger charge is 2.33. The van der Waals surface area contributed by atoms with Crippen LogP contribution in [0.25, 0.3) is 10.9 Å². The van der Waals surface area contributed by atoms with Crippen molar-refractivity contribution in [3.63, 3.8) is 0 Å². The molecule has 0 fully saturated rings. The number of fused-ring (bicyclic) bond motifs is 1. The number of halogens is 4. The van der Waals surface area contributed by atoms with E-state index in [0.717, 1.165) is 18.2 Å². The number of H-pyrrole nitrogens is 1. The molecule has 0 radical (unpaired) electrons. The van der Waals surface area contributed by atoms with Crippen molar-refractivity contribution < 1.29 is 13.2 Å². The topological polar surface area (TPSA) is 41.8 Å². The molecule has 3 N–H and O–H groups in total. The molecule has 0 aliphatic carbocycles. The lowest BCUT2D eigenvalue weighted by atomic mass is 10.1. The van der Waals surface area contributed by atoms with Gasteiger partial charge in [0.15, 0.2) is 0 Å². The van der Waals surface area contributed by atoms with E-state index in [0.29, 0.717) is 11.8 Å². The number of nitrogens with two attached hydrogens (primary N) is 1. The molecule has 2 rings (SSSR count). The summed E-state index contributed by atoms with van der Waals surface area (Å²) in [6.45, 7) is 1.95. The minimum Gasteiger partial charge on any atom is -0.358 e. The first kappa shape index (κ1) is 15.9. The van der Waals surface area contributed by atoms with Gasteiger partial charge in [0.2, 0.25) is 0 Å². The van der Waals surface area contributed by atoms with Gasteiger partial charge in [-0.25, -0.2) is 0 Å². The lowest BCUT2D eigenvalue weighted by Crippen LogP contribution is -2.21. The molecule has 0 spiro atoms. The fourth-order valence-corrected chi connectivity index (χ4v) is 1.99. The summed E-state index contributed by atoms with van der Waals surface area (Å²) in [5.41, 5.74) is 6.07. The van der Waals surface area contributed by atoms with Gasteiger partial charge in [0.05, 0.1) is 11.1 Å². The van der Waals surface area contributed by atoms with Crippen LogP contribution >= 0.6 is 12.4 Å². The number of para-hydroxylation sites is 1. The smallest absolute Gasteiger partial charge is 0.358 e. The number of benzene rings is 1. The van der Waals surface area contributed by atoms with E-state index in [2.05, 4.69) is 4.98 Å². The Kier molecular flexibility index (Phi) is 4.87. The van der Waals surface area contributed by atoms with Crippen LogP contribution in [0.1, 0.15) is 24.6 Å². The zero-order valence-electron chi connectivity index (χ0n) is 10.4. The molecule has 1 unspecified atom stereocenters. The summed E-state index contributed by atoms with van der Waals surface area (Å²) in [4.78, 5) is 2.84. The molecule has 0 saturated carbocycles. The van der Waals surface area contributed by atoms with Gasteiger partial charge in [-0.05, 0) is 18.6 Å². The number of alkyl halides is 3. The van der Waals surface area contributed by atoms with Gasteiger partial charge in [0, 0.05) is 23.5 Å². The lowest BCUT2D eigenvalue weighted by Gasteiger charge is -2.08. The summed E-state index contributed by atoms with van der Waals surface area (Å²) in [5, 5.41) is 0.572. The molecule has 0 amide bonds. The minimum atomic E-state index is -4.34. The third-order valence-electron chi connectivity index (χ3n) is 3.02. The standard InChI is InChI=1S/C13H15F3N2.ClH/c1-2-9(17)7-10-6-8-4-3-5-11(12(8)18-10)13(14,15)16;/h3-6,9,18H,2,7,17H2,1H3;1H. The van der Waals surface area contributed by atoms with Gasteiger partial charge in [0.1, 0.15) is 0 Å². The summed E-state index contributed by atoms with van der Waals surface area (Å²) >= 11 is 0. The molecule has 19 heavy (non-hydrogen) atoms. The van der Waals surface area contributed by atoms with Crippen LogP contribution in [0.5, 0.6) is 0 Å². The van der Waals surface area contributed by atoms with Gasteiger partial charge in [0.25, 0.3) is 0 Å². The van der Waals surface area contributed by atoms with Crippen molar-refractivity contribution in [2.24, 2.45) is 5.73 Å². The van der Waals surface area contributed by atoms with Gasteiger partial charge in [-0.15, -0.1) is 12.4 Å². The third kappa shape index (κ3) is 3.42. The van der Waals surface area contributed by atoms with Crippen LogP contribution in [0.4, 0.5) is 13.2 Å². The molecule has 1 heterocycles. The highest BCUT2D eigenvalue weighted by atomic mass is 35.5. The van der Waals surface area contributed by atoms with Crippen LogP contribution in [-0.4, -0.2) is 11.0 Å². The average Bonchev–Trinajstić information content (AvgIpc) is 2.68. The van der Waals surface area contributed by atoms with Crippen molar-refractivity contribution in [1.29, 1.82) is 0 Å². The van der Waals surface area contributed by atoms with Crippen molar-refractivity contribution in [3.8, 4) is 0 Å².